The minimum Gasteiger partial charge on any atom is -0.419 e. The van der Waals surface area contributed by atoms with E-state index in [-0.39, 0.29) is 5.82 Å². The maximum absolute atomic E-state index is 14.0. The van der Waals surface area contributed by atoms with Crippen LogP contribution in [0.25, 0.3) is 11.5 Å². The standard InChI is InChI=1S/C20H18Cl3FN4O/c21-13-4-5-14(17(23)10-13)20-26-25-19(29-20)12-28-8-6-27(7-9-28)11-15-16(22)2-1-3-18(15)24/h1-5,10H,6-9,11-12H2. The number of aromatic nitrogens is 2. The van der Waals surface area contributed by atoms with Gasteiger partial charge in [0.25, 0.3) is 0 Å². The van der Waals surface area contributed by atoms with Gasteiger partial charge >= 0.3 is 0 Å². The molecule has 152 valence electrons. The average molecular weight is 456 g/mol. The summed E-state index contributed by atoms with van der Waals surface area (Å²) >= 11 is 18.3. The summed E-state index contributed by atoms with van der Waals surface area (Å²) in [6, 6.07) is 9.91. The SMILES string of the molecule is Fc1cccc(Cl)c1CN1CCN(Cc2nnc(-c3ccc(Cl)cc3Cl)o2)CC1. The number of rotatable bonds is 5. The van der Waals surface area contributed by atoms with Crippen molar-refractivity contribution in [2.45, 2.75) is 13.1 Å². The molecule has 29 heavy (non-hydrogen) atoms. The molecule has 2 aromatic carbocycles. The van der Waals surface area contributed by atoms with Gasteiger partial charge in [-0.25, -0.2) is 4.39 Å². The Kier molecular flexibility index (Phi) is 6.37. The van der Waals surface area contributed by atoms with Gasteiger partial charge in [-0.1, -0.05) is 40.9 Å². The zero-order valence-corrected chi connectivity index (χ0v) is 17.7. The number of hydrogen-bond acceptors (Lipinski definition) is 5. The van der Waals surface area contributed by atoms with Crippen LogP contribution in [0.1, 0.15) is 11.5 Å². The molecule has 1 aromatic heterocycles. The molecule has 1 aliphatic rings. The molecule has 0 spiro atoms. The summed E-state index contributed by atoms with van der Waals surface area (Å²) in [6.07, 6.45) is 0. The summed E-state index contributed by atoms with van der Waals surface area (Å²) in [6.45, 7) is 4.27. The number of nitrogens with zero attached hydrogens (tertiary/aromatic N) is 4. The van der Waals surface area contributed by atoms with Crippen molar-refractivity contribution < 1.29 is 8.81 Å². The first-order chi connectivity index (χ1) is 14.0. The molecule has 0 radical (unpaired) electrons. The van der Waals surface area contributed by atoms with Crippen molar-refractivity contribution in [1.29, 1.82) is 0 Å². The molecule has 1 fully saturated rings. The predicted molar refractivity (Wildman–Crippen MR) is 112 cm³/mol. The monoisotopic (exact) mass is 454 g/mol. The highest BCUT2D eigenvalue weighted by Gasteiger charge is 2.21. The lowest BCUT2D eigenvalue weighted by atomic mass is 10.2. The van der Waals surface area contributed by atoms with Crippen LogP contribution in [0.2, 0.25) is 15.1 Å². The van der Waals surface area contributed by atoms with Crippen LogP contribution in [0.15, 0.2) is 40.8 Å². The van der Waals surface area contributed by atoms with Crippen LogP contribution in [-0.4, -0.2) is 46.2 Å². The third-order valence-electron chi connectivity index (χ3n) is 4.90. The van der Waals surface area contributed by atoms with Gasteiger partial charge in [-0.3, -0.25) is 9.80 Å². The van der Waals surface area contributed by atoms with Crippen LogP contribution < -0.4 is 0 Å². The van der Waals surface area contributed by atoms with E-state index in [1.54, 1.807) is 30.3 Å². The molecule has 3 aromatic rings. The Morgan fingerprint density at radius 3 is 2.31 bits per heavy atom. The Morgan fingerprint density at radius 2 is 1.62 bits per heavy atom. The van der Waals surface area contributed by atoms with Gasteiger partial charge in [0.15, 0.2) is 0 Å². The Labute approximate surface area is 183 Å². The largest absolute Gasteiger partial charge is 0.419 e. The van der Waals surface area contributed by atoms with Crippen LogP contribution >= 0.6 is 34.8 Å². The third-order valence-corrected chi connectivity index (χ3v) is 5.80. The summed E-state index contributed by atoms with van der Waals surface area (Å²) in [7, 11) is 0. The second-order valence-electron chi connectivity index (χ2n) is 6.88. The summed E-state index contributed by atoms with van der Waals surface area (Å²) in [5, 5.41) is 9.70. The minimum atomic E-state index is -0.265. The van der Waals surface area contributed by atoms with E-state index < -0.39 is 0 Å². The number of halogens is 4. The highest BCUT2D eigenvalue weighted by molar-refractivity contribution is 6.36. The normalized spacial score (nSPS) is 15.7. The lowest BCUT2D eigenvalue weighted by Crippen LogP contribution is -2.45. The molecular weight excluding hydrogens is 438 g/mol. The molecule has 2 heterocycles. The van der Waals surface area contributed by atoms with Gasteiger partial charge in [0.05, 0.1) is 17.1 Å². The first-order valence-corrected chi connectivity index (χ1v) is 10.3. The first kappa shape index (κ1) is 20.6. The summed E-state index contributed by atoms with van der Waals surface area (Å²) < 4.78 is 19.8. The van der Waals surface area contributed by atoms with E-state index in [2.05, 4.69) is 20.0 Å². The van der Waals surface area contributed by atoms with Crippen molar-refractivity contribution in [3.8, 4) is 11.5 Å². The molecule has 5 nitrogen and oxygen atoms in total. The Morgan fingerprint density at radius 1 is 0.897 bits per heavy atom. The first-order valence-electron chi connectivity index (χ1n) is 9.15. The van der Waals surface area contributed by atoms with Crippen LogP contribution in [0.5, 0.6) is 0 Å². The third kappa shape index (κ3) is 4.90. The van der Waals surface area contributed by atoms with E-state index in [1.165, 1.54) is 6.07 Å². The molecule has 1 aliphatic heterocycles. The summed E-state index contributed by atoms with van der Waals surface area (Å²) in [5.41, 5.74) is 1.20. The van der Waals surface area contributed by atoms with Gasteiger partial charge in [-0.15, -0.1) is 10.2 Å². The van der Waals surface area contributed by atoms with Gasteiger partial charge in [0.1, 0.15) is 5.82 Å². The van der Waals surface area contributed by atoms with E-state index in [9.17, 15) is 4.39 Å². The fraction of sp³-hybridized carbons (Fsp3) is 0.300. The number of piperazine rings is 1. The summed E-state index contributed by atoms with van der Waals surface area (Å²) in [4.78, 5) is 4.41. The lowest BCUT2D eigenvalue weighted by Gasteiger charge is -2.34. The maximum Gasteiger partial charge on any atom is 0.249 e. The van der Waals surface area contributed by atoms with Gasteiger partial charge < -0.3 is 4.42 Å². The van der Waals surface area contributed by atoms with E-state index in [0.29, 0.717) is 51.1 Å². The molecular formula is C20H18Cl3FN4O. The van der Waals surface area contributed by atoms with Crippen molar-refractivity contribution in [3.63, 3.8) is 0 Å². The highest BCUT2D eigenvalue weighted by Crippen LogP contribution is 2.29. The number of benzene rings is 2. The van der Waals surface area contributed by atoms with Crippen LogP contribution in [0.3, 0.4) is 0 Å². The topological polar surface area (TPSA) is 45.4 Å². The highest BCUT2D eigenvalue weighted by atomic mass is 35.5. The van der Waals surface area contributed by atoms with Gasteiger partial charge in [-0.2, -0.15) is 0 Å². The molecule has 1 saturated heterocycles. The van der Waals surface area contributed by atoms with Crippen molar-refractivity contribution in [3.05, 3.63) is 68.7 Å². The van der Waals surface area contributed by atoms with Gasteiger partial charge in [-0.05, 0) is 30.3 Å². The maximum atomic E-state index is 14.0. The second-order valence-corrected chi connectivity index (χ2v) is 8.13. The van der Waals surface area contributed by atoms with E-state index >= 15 is 0 Å². The Hall–Kier alpha value is -1.70. The van der Waals surface area contributed by atoms with E-state index in [0.717, 1.165) is 26.2 Å². The Balaban J connectivity index is 1.34. The molecule has 0 atom stereocenters. The van der Waals surface area contributed by atoms with Crippen LogP contribution in [0, 0.1) is 5.82 Å². The molecule has 0 N–H and O–H groups in total. The number of hydrogen-bond donors (Lipinski definition) is 0. The van der Waals surface area contributed by atoms with Crippen molar-refractivity contribution >= 4 is 34.8 Å². The molecule has 0 amide bonds. The van der Waals surface area contributed by atoms with E-state index in [4.69, 9.17) is 39.2 Å². The zero-order chi connectivity index (χ0) is 20.4. The predicted octanol–water partition coefficient (Wildman–Crippen LogP) is 5.15. The quantitative estimate of drug-likeness (QED) is 0.532. The van der Waals surface area contributed by atoms with Crippen LogP contribution in [-0.2, 0) is 13.1 Å². The smallest absolute Gasteiger partial charge is 0.249 e. The lowest BCUT2D eigenvalue weighted by molar-refractivity contribution is 0.114. The zero-order valence-electron chi connectivity index (χ0n) is 15.4. The van der Waals surface area contributed by atoms with Gasteiger partial charge in [0.2, 0.25) is 11.8 Å². The molecule has 4 rings (SSSR count). The van der Waals surface area contributed by atoms with Crippen LogP contribution in [0.4, 0.5) is 4.39 Å². The Bertz CT molecular complexity index is 985. The fourth-order valence-electron chi connectivity index (χ4n) is 3.29. The average Bonchev–Trinajstić information content (AvgIpc) is 3.14. The molecule has 0 aliphatic carbocycles. The van der Waals surface area contributed by atoms with Crippen molar-refractivity contribution in [2.24, 2.45) is 0 Å². The minimum absolute atomic E-state index is 0.265. The van der Waals surface area contributed by atoms with Crippen molar-refractivity contribution in [1.82, 2.24) is 20.0 Å². The molecule has 0 unspecified atom stereocenters. The second kappa shape index (κ2) is 8.98. The van der Waals surface area contributed by atoms with Gasteiger partial charge in [0, 0.05) is 48.3 Å². The van der Waals surface area contributed by atoms with Crippen molar-refractivity contribution in [2.75, 3.05) is 26.2 Å². The molecule has 0 bridgehead atoms. The molecule has 9 heteroatoms. The summed E-state index contributed by atoms with van der Waals surface area (Å²) in [5.74, 6) is 0.630. The fourth-order valence-corrected chi connectivity index (χ4v) is 4.01. The molecule has 0 saturated carbocycles. The van der Waals surface area contributed by atoms with E-state index in [1.807, 2.05) is 0 Å².